The Labute approximate surface area is 146 Å². The Morgan fingerprint density at radius 1 is 1.50 bits per heavy atom. The molecule has 6 atom stereocenters. The molecule has 0 radical (unpaired) electrons. The lowest BCUT2D eigenvalue weighted by atomic mass is 9.59. The summed E-state index contributed by atoms with van der Waals surface area (Å²) in [4.78, 5) is 4.60. The molecule has 2 saturated heterocycles. The minimum absolute atomic E-state index is 0.0243. The molecule has 2 heterocycles. The van der Waals surface area contributed by atoms with Crippen LogP contribution in [0.15, 0.2) is 24.8 Å². The number of aliphatic hydroxyl groups is 1. The third-order valence-corrected chi connectivity index (χ3v) is 6.58. The normalized spacial score (nSPS) is 38.8. The molecule has 0 aromatic rings. The summed E-state index contributed by atoms with van der Waals surface area (Å²) < 4.78 is 6.38. The van der Waals surface area contributed by atoms with Gasteiger partial charge in [-0.05, 0) is 76.2 Å². The molecular formula is C20H34O4. The fourth-order valence-corrected chi connectivity index (χ4v) is 4.84. The van der Waals surface area contributed by atoms with Crippen LogP contribution in [0.1, 0.15) is 66.2 Å². The fraction of sp³-hybridized carbons (Fsp3) is 0.800. The van der Waals surface area contributed by atoms with E-state index in [0.717, 1.165) is 37.7 Å². The zero-order chi connectivity index (χ0) is 18.2. The van der Waals surface area contributed by atoms with E-state index in [4.69, 9.17) is 9.99 Å². The first-order valence-electron chi connectivity index (χ1n) is 9.07. The molecule has 4 heteroatoms. The quantitative estimate of drug-likeness (QED) is 0.369. The summed E-state index contributed by atoms with van der Waals surface area (Å²) >= 11 is 0. The van der Waals surface area contributed by atoms with Crippen LogP contribution in [-0.4, -0.2) is 33.8 Å². The Balaban J connectivity index is 2.12. The minimum atomic E-state index is -0.840. The first-order chi connectivity index (χ1) is 11.1. The summed E-state index contributed by atoms with van der Waals surface area (Å²) in [6, 6.07) is 0. The molecule has 0 saturated carbocycles. The van der Waals surface area contributed by atoms with Crippen LogP contribution < -0.4 is 0 Å². The van der Waals surface area contributed by atoms with E-state index in [1.165, 1.54) is 0 Å². The number of rotatable bonds is 9. The predicted octanol–water partition coefficient (Wildman–Crippen LogP) is 4.49. The van der Waals surface area contributed by atoms with Gasteiger partial charge >= 0.3 is 0 Å². The second-order valence-corrected chi connectivity index (χ2v) is 8.60. The van der Waals surface area contributed by atoms with Crippen molar-refractivity contribution >= 4 is 0 Å². The van der Waals surface area contributed by atoms with Crippen LogP contribution in [0.2, 0.25) is 0 Å². The van der Waals surface area contributed by atoms with Crippen molar-refractivity contribution < 1.29 is 20.0 Å². The number of fused-ring (bicyclic) bond motifs is 2. The maximum absolute atomic E-state index is 10.3. The van der Waals surface area contributed by atoms with Gasteiger partial charge < -0.3 is 9.84 Å². The van der Waals surface area contributed by atoms with Crippen LogP contribution in [0, 0.1) is 11.3 Å². The SMILES string of the molecule is C=C[C@@](C)(O)CC[C@@H]1C2(C)CCC(O2)[C@@]1(C)CC[C@H](OO)C(=C)C. The summed E-state index contributed by atoms with van der Waals surface area (Å²) in [5.74, 6) is 0.375. The van der Waals surface area contributed by atoms with Crippen molar-refractivity contribution in [3.05, 3.63) is 24.8 Å². The lowest BCUT2D eigenvalue weighted by molar-refractivity contribution is -0.270. The van der Waals surface area contributed by atoms with Crippen LogP contribution in [0.4, 0.5) is 0 Å². The smallest absolute Gasteiger partial charge is 0.113 e. The average molecular weight is 338 g/mol. The highest BCUT2D eigenvalue weighted by molar-refractivity contribution is 5.12. The second kappa shape index (κ2) is 6.91. The van der Waals surface area contributed by atoms with Crippen molar-refractivity contribution in [3.63, 3.8) is 0 Å². The largest absolute Gasteiger partial charge is 0.386 e. The third-order valence-electron chi connectivity index (χ3n) is 6.58. The molecule has 2 fully saturated rings. The Bertz CT molecular complexity index is 486. The van der Waals surface area contributed by atoms with Crippen LogP contribution in [-0.2, 0) is 9.62 Å². The summed E-state index contributed by atoms with van der Waals surface area (Å²) in [5, 5.41) is 19.4. The highest BCUT2D eigenvalue weighted by Gasteiger charge is 2.62. The zero-order valence-electron chi connectivity index (χ0n) is 15.7. The summed E-state index contributed by atoms with van der Waals surface area (Å²) in [7, 11) is 0. The van der Waals surface area contributed by atoms with Gasteiger partial charge in [0.25, 0.3) is 0 Å². The van der Waals surface area contributed by atoms with E-state index in [9.17, 15) is 5.11 Å². The van der Waals surface area contributed by atoms with E-state index in [1.54, 1.807) is 6.08 Å². The molecule has 2 aliphatic heterocycles. The Morgan fingerprint density at radius 2 is 2.17 bits per heavy atom. The van der Waals surface area contributed by atoms with Crippen molar-refractivity contribution in [3.8, 4) is 0 Å². The lowest BCUT2D eigenvalue weighted by Crippen LogP contribution is -2.43. The molecule has 2 N–H and O–H groups in total. The van der Waals surface area contributed by atoms with Gasteiger partial charge in [0.1, 0.15) is 6.10 Å². The Hall–Kier alpha value is -0.680. The van der Waals surface area contributed by atoms with Crippen molar-refractivity contribution in [2.75, 3.05) is 0 Å². The van der Waals surface area contributed by atoms with Crippen molar-refractivity contribution in [1.29, 1.82) is 0 Å². The topological polar surface area (TPSA) is 58.9 Å². The molecule has 0 aromatic heterocycles. The second-order valence-electron chi connectivity index (χ2n) is 8.60. The van der Waals surface area contributed by atoms with Crippen LogP contribution in [0.25, 0.3) is 0 Å². The predicted molar refractivity (Wildman–Crippen MR) is 95.7 cm³/mol. The van der Waals surface area contributed by atoms with E-state index in [1.807, 2.05) is 13.8 Å². The Morgan fingerprint density at radius 3 is 2.71 bits per heavy atom. The number of hydrogen-bond acceptors (Lipinski definition) is 4. The standard InChI is InChI=1S/C20H34O4/c1-7-18(4,21)11-9-16-19(5,12-8-15(24-22)14(2)3)17-10-13-20(16,6)23-17/h7,15-17,21-22H,1-2,8-13H2,3-6H3/t15-,16-,17?,18+,19-,20?/m0/s1. The molecule has 2 bridgehead atoms. The molecule has 138 valence electrons. The molecule has 0 spiro atoms. The monoisotopic (exact) mass is 338 g/mol. The van der Waals surface area contributed by atoms with Crippen molar-refractivity contribution in [2.45, 2.75) is 89.6 Å². The molecule has 0 aromatic carbocycles. The molecule has 2 unspecified atom stereocenters. The third kappa shape index (κ3) is 3.62. The van der Waals surface area contributed by atoms with Gasteiger partial charge in [-0.3, -0.25) is 5.26 Å². The summed E-state index contributed by atoms with van der Waals surface area (Å²) in [5.41, 5.74) is -0.0954. The van der Waals surface area contributed by atoms with Crippen molar-refractivity contribution in [2.24, 2.45) is 11.3 Å². The van der Waals surface area contributed by atoms with Crippen LogP contribution in [0.5, 0.6) is 0 Å². The van der Waals surface area contributed by atoms with E-state index < -0.39 is 5.60 Å². The zero-order valence-corrected chi connectivity index (χ0v) is 15.7. The number of ether oxygens (including phenoxy) is 1. The van der Waals surface area contributed by atoms with Crippen molar-refractivity contribution in [1.82, 2.24) is 0 Å². The van der Waals surface area contributed by atoms with E-state index in [2.05, 4.69) is 31.9 Å². The van der Waals surface area contributed by atoms with E-state index in [-0.39, 0.29) is 23.2 Å². The van der Waals surface area contributed by atoms with Gasteiger partial charge in [0, 0.05) is 0 Å². The van der Waals surface area contributed by atoms with Gasteiger partial charge in [-0.1, -0.05) is 19.6 Å². The van der Waals surface area contributed by atoms with Gasteiger partial charge in [-0.25, -0.2) is 4.89 Å². The highest BCUT2D eigenvalue weighted by Crippen LogP contribution is 2.61. The fourth-order valence-electron chi connectivity index (χ4n) is 4.84. The van der Waals surface area contributed by atoms with Gasteiger partial charge in [0.2, 0.25) is 0 Å². The maximum atomic E-state index is 10.3. The van der Waals surface area contributed by atoms with Gasteiger partial charge in [-0.15, -0.1) is 6.58 Å². The summed E-state index contributed by atoms with van der Waals surface area (Å²) in [6.07, 6.45) is 6.92. The highest BCUT2D eigenvalue weighted by atomic mass is 17.1. The number of hydrogen-bond donors (Lipinski definition) is 2. The maximum Gasteiger partial charge on any atom is 0.113 e. The molecule has 0 amide bonds. The molecular weight excluding hydrogens is 304 g/mol. The molecule has 2 aliphatic rings. The molecule has 24 heavy (non-hydrogen) atoms. The Kier molecular flexibility index (Phi) is 5.65. The summed E-state index contributed by atoms with van der Waals surface area (Å²) in [6.45, 7) is 15.8. The van der Waals surface area contributed by atoms with E-state index >= 15 is 0 Å². The average Bonchev–Trinajstić information content (AvgIpc) is 2.99. The van der Waals surface area contributed by atoms with Gasteiger partial charge in [0.15, 0.2) is 0 Å². The first kappa shape index (κ1) is 19.6. The van der Waals surface area contributed by atoms with Gasteiger partial charge in [0.05, 0.1) is 17.3 Å². The van der Waals surface area contributed by atoms with Crippen LogP contribution >= 0.6 is 0 Å². The van der Waals surface area contributed by atoms with Crippen LogP contribution in [0.3, 0.4) is 0 Å². The van der Waals surface area contributed by atoms with Gasteiger partial charge in [-0.2, -0.15) is 0 Å². The molecule has 4 nitrogen and oxygen atoms in total. The first-order valence-corrected chi connectivity index (χ1v) is 9.07. The minimum Gasteiger partial charge on any atom is -0.386 e. The molecule has 0 aliphatic carbocycles. The molecule has 2 rings (SSSR count). The van der Waals surface area contributed by atoms with E-state index in [0.29, 0.717) is 12.3 Å². The lowest BCUT2D eigenvalue weighted by Gasteiger charge is -2.43.